The molecule has 0 radical (unpaired) electrons. The van der Waals surface area contributed by atoms with Crippen molar-refractivity contribution in [1.29, 1.82) is 0 Å². The molecule has 1 N–H and O–H groups in total. The Balaban J connectivity index is 1.71. The lowest BCUT2D eigenvalue weighted by Crippen LogP contribution is -2.33. The van der Waals surface area contributed by atoms with Crippen LogP contribution in [0, 0.1) is 12.7 Å². The van der Waals surface area contributed by atoms with Crippen LogP contribution >= 0.6 is 11.8 Å². The molecule has 0 saturated carbocycles. The maximum atomic E-state index is 13.5. The van der Waals surface area contributed by atoms with Crippen molar-refractivity contribution >= 4 is 33.4 Å². The zero-order chi connectivity index (χ0) is 21.3. The van der Waals surface area contributed by atoms with Gasteiger partial charge in [0.15, 0.2) is 0 Å². The van der Waals surface area contributed by atoms with Gasteiger partial charge in [0.25, 0.3) is 0 Å². The second kappa shape index (κ2) is 11.2. The molecule has 2 aromatic carbocycles. The fourth-order valence-corrected chi connectivity index (χ4v) is 4.71. The average molecular weight is 439 g/mol. The summed E-state index contributed by atoms with van der Waals surface area (Å²) in [6, 6.07) is 13.9. The van der Waals surface area contributed by atoms with Crippen molar-refractivity contribution in [1.82, 2.24) is 5.32 Å². The number of nitrogens with zero attached hydrogens (tertiary/aromatic N) is 1. The number of nitrogens with one attached hydrogen (secondary N) is 1. The number of anilines is 1. The summed E-state index contributed by atoms with van der Waals surface area (Å²) in [6.45, 7) is 2.60. The molecule has 8 heteroatoms. The maximum Gasteiger partial charge on any atom is 0.232 e. The van der Waals surface area contributed by atoms with E-state index in [2.05, 4.69) is 5.32 Å². The van der Waals surface area contributed by atoms with Gasteiger partial charge in [-0.15, -0.1) is 0 Å². The molecule has 1 amide bonds. The molecule has 0 aliphatic carbocycles. The lowest BCUT2D eigenvalue weighted by atomic mass is 10.2. The predicted molar refractivity (Wildman–Crippen MR) is 118 cm³/mol. The van der Waals surface area contributed by atoms with E-state index in [1.807, 2.05) is 19.1 Å². The van der Waals surface area contributed by atoms with Crippen molar-refractivity contribution in [2.45, 2.75) is 25.5 Å². The number of aryl methyl sites for hydroxylation is 1. The zero-order valence-corrected chi connectivity index (χ0v) is 18.4. The highest BCUT2D eigenvalue weighted by atomic mass is 32.2. The van der Waals surface area contributed by atoms with Gasteiger partial charge in [0.05, 0.1) is 11.9 Å². The fourth-order valence-electron chi connectivity index (χ4n) is 2.84. The minimum absolute atomic E-state index is 0.116. The molecule has 0 aliphatic rings. The van der Waals surface area contributed by atoms with E-state index in [1.165, 1.54) is 16.6 Å². The second-order valence-electron chi connectivity index (χ2n) is 6.72. The van der Waals surface area contributed by atoms with E-state index in [0.717, 1.165) is 5.56 Å². The van der Waals surface area contributed by atoms with Gasteiger partial charge in [-0.1, -0.05) is 36.4 Å². The molecule has 0 bridgehead atoms. The Morgan fingerprint density at radius 3 is 2.52 bits per heavy atom. The highest BCUT2D eigenvalue weighted by molar-refractivity contribution is 7.98. The first-order valence-corrected chi connectivity index (χ1v) is 12.4. The first-order valence-electron chi connectivity index (χ1n) is 9.40. The number of rotatable bonds is 11. The van der Waals surface area contributed by atoms with Crippen molar-refractivity contribution in [2.75, 3.05) is 29.4 Å². The largest absolute Gasteiger partial charge is 0.355 e. The summed E-state index contributed by atoms with van der Waals surface area (Å²) in [5.41, 5.74) is 2.16. The Hall–Kier alpha value is -2.06. The molecule has 2 aromatic rings. The van der Waals surface area contributed by atoms with Crippen LogP contribution in [-0.2, 0) is 20.6 Å². The standard InChI is InChI=1S/C21H27FN2O3S2/c1-17-8-3-6-11-20(17)24(29(2,26)27)14-7-12-21(25)23-13-15-28-16-18-9-4-5-10-19(18)22/h3-6,8-11H,7,12-16H2,1-2H3,(H,23,25). The van der Waals surface area contributed by atoms with Gasteiger partial charge in [0.2, 0.25) is 15.9 Å². The van der Waals surface area contributed by atoms with Gasteiger partial charge < -0.3 is 5.32 Å². The Morgan fingerprint density at radius 1 is 1.14 bits per heavy atom. The van der Waals surface area contributed by atoms with Crippen LogP contribution in [0.3, 0.4) is 0 Å². The molecule has 0 saturated heterocycles. The topological polar surface area (TPSA) is 66.5 Å². The van der Waals surface area contributed by atoms with E-state index >= 15 is 0 Å². The number of benzene rings is 2. The normalized spacial score (nSPS) is 11.3. The van der Waals surface area contributed by atoms with Crippen molar-refractivity contribution in [3.8, 4) is 0 Å². The lowest BCUT2D eigenvalue weighted by molar-refractivity contribution is -0.121. The SMILES string of the molecule is Cc1ccccc1N(CCCC(=O)NCCSCc1ccccc1F)S(C)(=O)=O. The highest BCUT2D eigenvalue weighted by Gasteiger charge is 2.18. The molecule has 0 unspecified atom stereocenters. The molecule has 158 valence electrons. The number of sulfonamides is 1. The van der Waals surface area contributed by atoms with Gasteiger partial charge in [-0.25, -0.2) is 12.8 Å². The number of para-hydroxylation sites is 1. The smallest absolute Gasteiger partial charge is 0.232 e. The highest BCUT2D eigenvalue weighted by Crippen LogP contribution is 2.22. The van der Waals surface area contributed by atoms with E-state index in [1.54, 1.807) is 42.1 Å². The molecule has 29 heavy (non-hydrogen) atoms. The summed E-state index contributed by atoms with van der Waals surface area (Å²) in [5, 5.41) is 2.83. The molecule has 2 rings (SSSR count). The van der Waals surface area contributed by atoms with E-state index in [-0.39, 0.29) is 24.7 Å². The Labute approximate surface area is 176 Å². The van der Waals surface area contributed by atoms with Gasteiger partial charge in [0.1, 0.15) is 5.82 Å². The van der Waals surface area contributed by atoms with Crippen LogP contribution in [0.4, 0.5) is 10.1 Å². The Kier molecular flexibility index (Phi) is 8.98. The third-order valence-electron chi connectivity index (χ3n) is 4.33. The maximum absolute atomic E-state index is 13.5. The van der Waals surface area contributed by atoms with Gasteiger partial charge >= 0.3 is 0 Å². The quantitative estimate of drug-likeness (QED) is 0.543. The van der Waals surface area contributed by atoms with E-state index in [0.29, 0.717) is 35.7 Å². The molecular formula is C21H27FN2O3S2. The van der Waals surface area contributed by atoms with Gasteiger partial charge in [0, 0.05) is 31.0 Å². The van der Waals surface area contributed by atoms with Crippen LogP contribution in [0.1, 0.15) is 24.0 Å². The summed E-state index contributed by atoms with van der Waals surface area (Å²) in [6.07, 6.45) is 1.85. The minimum Gasteiger partial charge on any atom is -0.355 e. The van der Waals surface area contributed by atoms with Crippen molar-refractivity contribution in [2.24, 2.45) is 0 Å². The van der Waals surface area contributed by atoms with Crippen molar-refractivity contribution in [3.63, 3.8) is 0 Å². The summed E-state index contributed by atoms with van der Waals surface area (Å²) in [7, 11) is -3.42. The molecule has 0 spiro atoms. The van der Waals surface area contributed by atoms with Crippen LogP contribution in [0.2, 0.25) is 0 Å². The molecule has 0 atom stereocenters. The third-order valence-corrected chi connectivity index (χ3v) is 6.52. The molecule has 0 fully saturated rings. The third kappa shape index (κ3) is 7.70. The fraction of sp³-hybridized carbons (Fsp3) is 0.381. The van der Waals surface area contributed by atoms with Gasteiger partial charge in [-0.05, 0) is 36.6 Å². The number of amides is 1. The monoisotopic (exact) mass is 438 g/mol. The lowest BCUT2D eigenvalue weighted by Gasteiger charge is -2.24. The van der Waals surface area contributed by atoms with Crippen molar-refractivity contribution in [3.05, 3.63) is 65.5 Å². The number of hydrogen-bond acceptors (Lipinski definition) is 4. The predicted octanol–water partition coefficient (Wildman–Crippen LogP) is 3.73. The molecule has 0 aliphatic heterocycles. The zero-order valence-electron chi connectivity index (χ0n) is 16.7. The summed E-state index contributed by atoms with van der Waals surface area (Å²) >= 11 is 1.55. The number of carbonyl (C=O) groups excluding carboxylic acids is 1. The number of thioether (sulfide) groups is 1. The first kappa shape index (κ1) is 23.2. The summed E-state index contributed by atoms with van der Waals surface area (Å²) < 4.78 is 39.2. The average Bonchev–Trinajstić information content (AvgIpc) is 2.66. The second-order valence-corrected chi connectivity index (χ2v) is 9.73. The van der Waals surface area contributed by atoms with E-state index in [9.17, 15) is 17.6 Å². The summed E-state index contributed by atoms with van der Waals surface area (Å²) in [4.78, 5) is 12.0. The van der Waals surface area contributed by atoms with Gasteiger partial charge in [-0.3, -0.25) is 9.10 Å². The molecule has 0 aromatic heterocycles. The minimum atomic E-state index is -3.42. The van der Waals surface area contributed by atoms with E-state index < -0.39 is 10.0 Å². The van der Waals surface area contributed by atoms with Crippen LogP contribution in [0.15, 0.2) is 48.5 Å². The molecule has 5 nitrogen and oxygen atoms in total. The van der Waals surface area contributed by atoms with Gasteiger partial charge in [-0.2, -0.15) is 11.8 Å². The van der Waals surface area contributed by atoms with Crippen molar-refractivity contribution < 1.29 is 17.6 Å². The van der Waals surface area contributed by atoms with Crippen LogP contribution < -0.4 is 9.62 Å². The summed E-state index contributed by atoms with van der Waals surface area (Å²) in [5.74, 6) is 0.906. The van der Waals surface area contributed by atoms with E-state index in [4.69, 9.17) is 0 Å². The van der Waals surface area contributed by atoms with Crippen LogP contribution in [0.5, 0.6) is 0 Å². The van der Waals surface area contributed by atoms with Crippen LogP contribution in [-0.4, -0.2) is 39.4 Å². The first-order chi connectivity index (χ1) is 13.8. The number of hydrogen-bond donors (Lipinski definition) is 1. The Bertz CT molecular complexity index is 920. The van der Waals surface area contributed by atoms with Crippen LogP contribution in [0.25, 0.3) is 0 Å². The Morgan fingerprint density at radius 2 is 1.83 bits per heavy atom. The molecule has 0 heterocycles. The molecular weight excluding hydrogens is 411 g/mol. The number of carbonyl (C=O) groups is 1. The number of halogens is 1.